The van der Waals surface area contributed by atoms with Gasteiger partial charge in [0.25, 0.3) is 0 Å². The molecular weight excluding hydrogens is 322 g/mol. The van der Waals surface area contributed by atoms with Crippen molar-refractivity contribution in [1.29, 1.82) is 0 Å². The van der Waals surface area contributed by atoms with Crippen molar-refractivity contribution >= 4 is 16.8 Å². The fourth-order valence-corrected chi connectivity index (χ4v) is 3.08. The Labute approximate surface area is 154 Å². The summed E-state index contributed by atoms with van der Waals surface area (Å²) in [5.41, 5.74) is 10.6. The average molecular weight is 349 g/mol. The van der Waals surface area contributed by atoms with E-state index < -0.39 is 5.91 Å². The number of aromatic nitrogens is 1. The van der Waals surface area contributed by atoms with Gasteiger partial charge in [0.1, 0.15) is 0 Å². The molecule has 0 saturated heterocycles. The van der Waals surface area contributed by atoms with Crippen molar-refractivity contribution in [2.75, 3.05) is 6.54 Å². The maximum atomic E-state index is 11.2. The van der Waals surface area contributed by atoms with Gasteiger partial charge in [0, 0.05) is 29.7 Å². The van der Waals surface area contributed by atoms with Gasteiger partial charge in [-0.3, -0.25) is 4.79 Å². The van der Waals surface area contributed by atoms with Crippen molar-refractivity contribution < 1.29 is 4.79 Å². The predicted molar refractivity (Wildman–Crippen MR) is 107 cm³/mol. The zero-order valence-corrected chi connectivity index (χ0v) is 15.5. The maximum absolute atomic E-state index is 11.2. The molecule has 0 aliphatic rings. The first-order chi connectivity index (χ1) is 12.5. The number of H-pyrrole nitrogens is 1. The zero-order valence-electron chi connectivity index (χ0n) is 15.5. The lowest BCUT2D eigenvalue weighted by Gasteiger charge is -2.07. The molecule has 1 amide bonds. The zero-order chi connectivity index (χ0) is 18.5. The van der Waals surface area contributed by atoms with Gasteiger partial charge in [0.15, 0.2) is 0 Å². The normalized spacial score (nSPS) is 11.3. The first-order valence-electron chi connectivity index (χ1n) is 9.21. The molecule has 4 nitrogen and oxygen atoms in total. The smallest absolute Gasteiger partial charge is 0.248 e. The topological polar surface area (TPSA) is 70.9 Å². The van der Waals surface area contributed by atoms with Gasteiger partial charge in [-0.25, -0.2) is 0 Å². The molecule has 0 radical (unpaired) electrons. The van der Waals surface area contributed by atoms with E-state index in [1.165, 1.54) is 17.4 Å². The molecule has 4 heteroatoms. The van der Waals surface area contributed by atoms with Crippen LogP contribution in [0.2, 0.25) is 0 Å². The van der Waals surface area contributed by atoms with Gasteiger partial charge in [-0.05, 0) is 65.7 Å². The Morgan fingerprint density at radius 1 is 1.08 bits per heavy atom. The second kappa shape index (κ2) is 8.19. The highest BCUT2D eigenvalue weighted by atomic mass is 16.1. The largest absolute Gasteiger partial charge is 0.366 e. The van der Waals surface area contributed by atoms with Crippen LogP contribution in [0.5, 0.6) is 0 Å². The van der Waals surface area contributed by atoms with Crippen molar-refractivity contribution in [3.05, 3.63) is 70.9 Å². The molecule has 3 rings (SSSR count). The Balaban J connectivity index is 1.66. The number of aromatic amines is 1. The van der Waals surface area contributed by atoms with E-state index in [4.69, 9.17) is 5.73 Å². The molecule has 0 aliphatic carbocycles. The quantitative estimate of drug-likeness (QED) is 0.538. The van der Waals surface area contributed by atoms with E-state index in [1.54, 1.807) is 12.1 Å². The molecule has 0 bridgehead atoms. The summed E-state index contributed by atoms with van der Waals surface area (Å²) >= 11 is 0. The highest BCUT2D eigenvalue weighted by Gasteiger charge is 2.05. The number of rotatable bonds is 8. The van der Waals surface area contributed by atoms with Crippen LogP contribution in [0.4, 0.5) is 0 Å². The summed E-state index contributed by atoms with van der Waals surface area (Å²) in [6, 6.07) is 16.2. The SMILES string of the molecule is CC(C)CCNCc1ccc2[nH]c(Cc3ccc(C(N)=O)cc3)cc2c1. The Morgan fingerprint density at radius 3 is 2.50 bits per heavy atom. The summed E-state index contributed by atoms with van der Waals surface area (Å²) in [6.07, 6.45) is 2.00. The van der Waals surface area contributed by atoms with E-state index in [9.17, 15) is 4.79 Å². The Bertz CT molecular complexity index is 878. The molecule has 136 valence electrons. The summed E-state index contributed by atoms with van der Waals surface area (Å²) in [6.45, 7) is 6.44. The minimum atomic E-state index is -0.392. The standard InChI is InChI=1S/C22H27N3O/c1-15(2)9-10-24-14-17-5-8-21-19(11-17)13-20(25-21)12-16-3-6-18(7-4-16)22(23)26/h3-8,11,13,15,24-25H,9-10,12,14H2,1-2H3,(H2,23,26). The highest BCUT2D eigenvalue weighted by Crippen LogP contribution is 2.20. The molecule has 0 atom stereocenters. The number of amides is 1. The van der Waals surface area contributed by atoms with Crippen LogP contribution in [0.3, 0.4) is 0 Å². The van der Waals surface area contributed by atoms with E-state index in [2.05, 4.69) is 48.4 Å². The van der Waals surface area contributed by atoms with Crippen molar-refractivity contribution in [1.82, 2.24) is 10.3 Å². The van der Waals surface area contributed by atoms with Gasteiger partial charge < -0.3 is 16.0 Å². The van der Waals surface area contributed by atoms with Gasteiger partial charge in [-0.2, -0.15) is 0 Å². The van der Waals surface area contributed by atoms with Crippen LogP contribution < -0.4 is 11.1 Å². The number of nitrogens with one attached hydrogen (secondary N) is 2. The molecule has 2 aromatic carbocycles. The molecule has 0 saturated carbocycles. The van der Waals surface area contributed by atoms with Gasteiger partial charge >= 0.3 is 0 Å². The van der Waals surface area contributed by atoms with E-state index in [-0.39, 0.29) is 0 Å². The summed E-state index contributed by atoms with van der Waals surface area (Å²) in [5, 5.41) is 4.74. The Morgan fingerprint density at radius 2 is 1.81 bits per heavy atom. The van der Waals surface area contributed by atoms with Gasteiger partial charge in [0.05, 0.1) is 0 Å². The molecule has 1 aromatic heterocycles. The minimum absolute atomic E-state index is 0.392. The number of benzene rings is 2. The van der Waals surface area contributed by atoms with Crippen LogP contribution in [-0.2, 0) is 13.0 Å². The van der Waals surface area contributed by atoms with E-state index in [0.717, 1.165) is 42.2 Å². The highest BCUT2D eigenvalue weighted by molar-refractivity contribution is 5.92. The Hall–Kier alpha value is -2.59. The average Bonchev–Trinajstić information content (AvgIpc) is 3.00. The second-order valence-electron chi connectivity index (χ2n) is 7.31. The van der Waals surface area contributed by atoms with Gasteiger partial charge in [0.2, 0.25) is 5.91 Å². The molecule has 0 aliphatic heterocycles. The summed E-state index contributed by atoms with van der Waals surface area (Å²) in [4.78, 5) is 14.6. The van der Waals surface area contributed by atoms with Crippen LogP contribution in [0.1, 0.15) is 47.4 Å². The lowest BCUT2D eigenvalue weighted by molar-refractivity contribution is 0.100. The van der Waals surface area contributed by atoms with E-state index in [0.29, 0.717) is 5.56 Å². The van der Waals surface area contributed by atoms with E-state index >= 15 is 0 Å². The van der Waals surface area contributed by atoms with Gasteiger partial charge in [-0.15, -0.1) is 0 Å². The van der Waals surface area contributed by atoms with Crippen molar-refractivity contribution in [2.45, 2.75) is 33.2 Å². The number of carbonyl (C=O) groups excluding carboxylic acids is 1. The number of hydrogen-bond acceptors (Lipinski definition) is 2. The third-order valence-electron chi connectivity index (χ3n) is 4.60. The Kier molecular flexibility index (Phi) is 5.74. The summed E-state index contributed by atoms with van der Waals surface area (Å²) < 4.78 is 0. The molecule has 4 N–H and O–H groups in total. The predicted octanol–water partition coefficient (Wildman–Crippen LogP) is 3.99. The number of nitrogens with two attached hydrogens (primary N) is 1. The molecule has 0 fully saturated rings. The van der Waals surface area contributed by atoms with Gasteiger partial charge in [-0.1, -0.05) is 32.0 Å². The monoisotopic (exact) mass is 349 g/mol. The van der Waals surface area contributed by atoms with Crippen molar-refractivity contribution in [3.63, 3.8) is 0 Å². The second-order valence-corrected chi connectivity index (χ2v) is 7.31. The first kappa shape index (κ1) is 18.2. The minimum Gasteiger partial charge on any atom is -0.366 e. The number of fused-ring (bicyclic) bond motifs is 1. The van der Waals surface area contributed by atoms with Crippen LogP contribution in [-0.4, -0.2) is 17.4 Å². The molecule has 3 aromatic rings. The lowest BCUT2D eigenvalue weighted by atomic mass is 10.1. The van der Waals surface area contributed by atoms with Crippen molar-refractivity contribution in [3.8, 4) is 0 Å². The number of hydrogen-bond donors (Lipinski definition) is 3. The third-order valence-corrected chi connectivity index (χ3v) is 4.60. The van der Waals surface area contributed by atoms with Crippen molar-refractivity contribution in [2.24, 2.45) is 11.7 Å². The van der Waals surface area contributed by atoms with E-state index in [1.807, 2.05) is 12.1 Å². The van der Waals surface area contributed by atoms with Crippen LogP contribution in [0.25, 0.3) is 10.9 Å². The summed E-state index contributed by atoms with van der Waals surface area (Å²) in [5.74, 6) is 0.339. The fraction of sp³-hybridized carbons (Fsp3) is 0.318. The third kappa shape index (κ3) is 4.73. The molecule has 26 heavy (non-hydrogen) atoms. The molecule has 1 heterocycles. The van der Waals surface area contributed by atoms with Crippen LogP contribution in [0, 0.1) is 5.92 Å². The number of primary amides is 1. The van der Waals surface area contributed by atoms with Crippen LogP contribution in [0.15, 0.2) is 48.5 Å². The summed E-state index contributed by atoms with van der Waals surface area (Å²) in [7, 11) is 0. The maximum Gasteiger partial charge on any atom is 0.248 e. The molecule has 0 unspecified atom stereocenters. The lowest BCUT2D eigenvalue weighted by Crippen LogP contribution is -2.16. The molecule has 0 spiro atoms. The first-order valence-corrected chi connectivity index (χ1v) is 9.21. The fourth-order valence-electron chi connectivity index (χ4n) is 3.08. The molecular formula is C22H27N3O. The van der Waals surface area contributed by atoms with Crippen LogP contribution >= 0.6 is 0 Å². The number of carbonyl (C=O) groups is 1.